The Bertz CT molecular complexity index is 221. The Hall–Kier alpha value is -0.610. The summed E-state index contributed by atoms with van der Waals surface area (Å²) in [6.45, 7) is 5.09. The molecule has 1 fully saturated rings. The molecule has 0 aromatic rings. The zero-order valence-corrected chi connectivity index (χ0v) is 9.70. The molecule has 15 heavy (non-hydrogen) atoms. The molecule has 1 unspecified atom stereocenters. The number of aliphatic hydroxyl groups is 1. The maximum atomic E-state index is 12.0. The molecule has 0 bridgehead atoms. The second kappa shape index (κ2) is 4.94. The summed E-state index contributed by atoms with van der Waals surface area (Å²) in [7, 11) is 0. The van der Waals surface area contributed by atoms with Crippen LogP contribution in [0.4, 0.5) is 0 Å². The van der Waals surface area contributed by atoms with Crippen LogP contribution in [0.5, 0.6) is 0 Å². The average Bonchev–Trinajstić information content (AvgIpc) is 2.18. The minimum Gasteiger partial charge on any atom is -0.393 e. The summed E-state index contributed by atoms with van der Waals surface area (Å²) in [5.74, 6) is 0.0243. The number of amides is 1. The van der Waals surface area contributed by atoms with Gasteiger partial charge in [0.05, 0.1) is 11.6 Å². The fourth-order valence-electron chi connectivity index (χ4n) is 2.06. The van der Waals surface area contributed by atoms with Gasteiger partial charge in [-0.2, -0.15) is 0 Å². The van der Waals surface area contributed by atoms with E-state index in [4.69, 9.17) is 5.73 Å². The van der Waals surface area contributed by atoms with Crippen LogP contribution in [0.2, 0.25) is 0 Å². The lowest BCUT2D eigenvalue weighted by atomic mass is 9.94. The summed E-state index contributed by atoms with van der Waals surface area (Å²) in [5.41, 5.74) is 5.24. The summed E-state index contributed by atoms with van der Waals surface area (Å²) in [6, 6.07) is 0. The van der Waals surface area contributed by atoms with E-state index in [1.807, 2.05) is 6.92 Å². The highest BCUT2D eigenvalue weighted by Gasteiger charge is 2.33. The predicted molar refractivity (Wildman–Crippen MR) is 59.3 cm³/mol. The summed E-state index contributed by atoms with van der Waals surface area (Å²) >= 11 is 0. The molecule has 1 aliphatic rings. The molecule has 88 valence electrons. The summed E-state index contributed by atoms with van der Waals surface area (Å²) < 4.78 is 0. The average molecular weight is 214 g/mol. The largest absolute Gasteiger partial charge is 0.393 e. The molecule has 1 heterocycles. The highest BCUT2D eigenvalue weighted by Crippen LogP contribution is 2.17. The van der Waals surface area contributed by atoms with Gasteiger partial charge in [-0.25, -0.2) is 0 Å². The number of nitrogens with two attached hydrogens (primary N) is 1. The second-order valence-corrected chi connectivity index (χ2v) is 4.69. The van der Waals surface area contributed by atoms with Crippen LogP contribution < -0.4 is 5.73 Å². The molecule has 1 rings (SSSR count). The number of aliphatic hydroxyl groups excluding tert-OH is 1. The van der Waals surface area contributed by atoms with Gasteiger partial charge in [0.1, 0.15) is 0 Å². The molecule has 1 saturated heterocycles. The van der Waals surface area contributed by atoms with E-state index < -0.39 is 5.54 Å². The first-order valence-corrected chi connectivity index (χ1v) is 5.73. The number of piperidine rings is 1. The van der Waals surface area contributed by atoms with Crippen molar-refractivity contribution in [1.82, 2.24) is 4.90 Å². The molecule has 3 N–H and O–H groups in total. The van der Waals surface area contributed by atoms with Crippen molar-refractivity contribution in [3.05, 3.63) is 0 Å². The molecule has 1 atom stereocenters. The third-order valence-corrected chi connectivity index (χ3v) is 3.01. The molecule has 4 nitrogen and oxygen atoms in total. The minimum atomic E-state index is -0.739. The molecule has 1 aliphatic heterocycles. The van der Waals surface area contributed by atoms with Crippen molar-refractivity contribution in [3.63, 3.8) is 0 Å². The van der Waals surface area contributed by atoms with Gasteiger partial charge in [0.25, 0.3) is 0 Å². The molecule has 4 heteroatoms. The topological polar surface area (TPSA) is 66.6 Å². The molecular weight excluding hydrogens is 192 g/mol. The second-order valence-electron chi connectivity index (χ2n) is 4.69. The first kappa shape index (κ1) is 12.5. The molecule has 0 aromatic carbocycles. The van der Waals surface area contributed by atoms with Crippen LogP contribution in [-0.2, 0) is 4.79 Å². The summed E-state index contributed by atoms with van der Waals surface area (Å²) in [4.78, 5) is 13.8. The van der Waals surface area contributed by atoms with E-state index in [0.29, 0.717) is 32.4 Å². The van der Waals surface area contributed by atoms with Crippen LogP contribution in [0.3, 0.4) is 0 Å². The van der Waals surface area contributed by atoms with E-state index >= 15 is 0 Å². The number of hydrogen-bond acceptors (Lipinski definition) is 3. The van der Waals surface area contributed by atoms with Gasteiger partial charge in [-0.3, -0.25) is 4.79 Å². The van der Waals surface area contributed by atoms with Crippen molar-refractivity contribution in [1.29, 1.82) is 0 Å². The van der Waals surface area contributed by atoms with Crippen LogP contribution in [0.1, 0.15) is 39.5 Å². The van der Waals surface area contributed by atoms with Crippen LogP contribution in [0.25, 0.3) is 0 Å². The Morgan fingerprint density at radius 1 is 1.53 bits per heavy atom. The number of likely N-dealkylation sites (tertiary alicyclic amines) is 1. The summed E-state index contributed by atoms with van der Waals surface area (Å²) in [5, 5.41) is 9.35. The monoisotopic (exact) mass is 214 g/mol. The van der Waals surface area contributed by atoms with Crippen molar-refractivity contribution in [2.24, 2.45) is 5.73 Å². The lowest BCUT2D eigenvalue weighted by Gasteiger charge is -2.35. The van der Waals surface area contributed by atoms with Crippen molar-refractivity contribution in [2.45, 2.75) is 51.2 Å². The predicted octanol–water partition coefficient (Wildman–Crippen LogP) is 0.487. The maximum Gasteiger partial charge on any atom is 0.242 e. The van der Waals surface area contributed by atoms with Gasteiger partial charge in [-0.05, 0) is 26.2 Å². The Kier molecular flexibility index (Phi) is 4.11. The van der Waals surface area contributed by atoms with Gasteiger partial charge in [0.2, 0.25) is 5.91 Å². The Morgan fingerprint density at radius 2 is 2.07 bits per heavy atom. The first-order chi connectivity index (χ1) is 6.97. The van der Waals surface area contributed by atoms with Crippen molar-refractivity contribution < 1.29 is 9.90 Å². The lowest BCUT2D eigenvalue weighted by Crippen LogP contribution is -2.55. The Labute approximate surface area is 91.4 Å². The number of nitrogens with zero attached hydrogens (tertiary/aromatic N) is 1. The smallest absolute Gasteiger partial charge is 0.242 e. The molecule has 1 amide bonds. The third-order valence-electron chi connectivity index (χ3n) is 3.01. The fourth-order valence-corrected chi connectivity index (χ4v) is 2.06. The lowest BCUT2D eigenvalue weighted by molar-refractivity contribution is -0.138. The Balaban J connectivity index is 2.53. The minimum absolute atomic E-state index is 0.0243. The van der Waals surface area contributed by atoms with Gasteiger partial charge in [0.15, 0.2) is 0 Å². The van der Waals surface area contributed by atoms with E-state index in [1.54, 1.807) is 11.8 Å². The Morgan fingerprint density at radius 3 is 2.53 bits per heavy atom. The SMILES string of the molecule is CCCC(C)(N)C(=O)N1CCC(O)CC1. The van der Waals surface area contributed by atoms with Crippen molar-refractivity contribution in [3.8, 4) is 0 Å². The quantitative estimate of drug-likeness (QED) is 0.718. The van der Waals surface area contributed by atoms with Crippen molar-refractivity contribution >= 4 is 5.91 Å². The van der Waals surface area contributed by atoms with Gasteiger partial charge >= 0.3 is 0 Å². The number of rotatable bonds is 3. The molecule has 0 saturated carbocycles. The van der Waals surface area contributed by atoms with Crippen LogP contribution in [0, 0.1) is 0 Å². The van der Waals surface area contributed by atoms with E-state index in [9.17, 15) is 9.90 Å². The van der Waals surface area contributed by atoms with Crippen LogP contribution in [-0.4, -0.2) is 40.6 Å². The van der Waals surface area contributed by atoms with E-state index in [-0.39, 0.29) is 12.0 Å². The van der Waals surface area contributed by atoms with E-state index in [2.05, 4.69) is 0 Å². The molecular formula is C11H22N2O2. The van der Waals surface area contributed by atoms with Crippen LogP contribution in [0.15, 0.2) is 0 Å². The highest BCUT2D eigenvalue weighted by atomic mass is 16.3. The zero-order valence-electron chi connectivity index (χ0n) is 9.70. The molecule has 0 aromatic heterocycles. The number of carbonyl (C=O) groups excluding carboxylic acids is 1. The van der Waals surface area contributed by atoms with Gasteiger partial charge < -0.3 is 15.7 Å². The maximum absolute atomic E-state index is 12.0. The normalized spacial score (nSPS) is 22.5. The number of carbonyl (C=O) groups is 1. The first-order valence-electron chi connectivity index (χ1n) is 5.73. The molecule has 0 aliphatic carbocycles. The summed E-state index contributed by atoms with van der Waals surface area (Å²) in [6.07, 6.45) is 2.73. The van der Waals surface area contributed by atoms with Gasteiger partial charge in [-0.15, -0.1) is 0 Å². The zero-order chi connectivity index (χ0) is 11.5. The number of hydrogen-bond donors (Lipinski definition) is 2. The van der Waals surface area contributed by atoms with Crippen molar-refractivity contribution in [2.75, 3.05) is 13.1 Å². The fraction of sp³-hybridized carbons (Fsp3) is 0.909. The molecule has 0 spiro atoms. The molecule has 0 radical (unpaired) electrons. The standard InChI is InChI=1S/C11H22N2O2/c1-3-6-11(2,12)10(15)13-7-4-9(14)5-8-13/h9,14H,3-8,12H2,1-2H3. The van der Waals surface area contributed by atoms with E-state index in [1.165, 1.54) is 0 Å². The van der Waals surface area contributed by atoms with E-state index in [0.717, 1.165) is 6.42 Å². The highest BCUT2D eigenvalue weighted by molar-refractivity contribution is 5.85. The third kappa shape index (κ3) is 3.18. The van der Waals surface area contributed by atoms with Crippen LogP contribution >= 0.6 is 0 Å². The van der Waals surface area contributed by atoms with Gasteiger partial charge in [0, 0.05) is 13.1 Å². The van der Waals surface area contributed by atoms with Gasteiger partial charge in [-0.1, -0.05) is 13.3 Å².